The number of rotatable bonds is 31. The van der Waals surface area contributed by atoms with Crippen LogP contribution in [0.25, 0.3) is 0 Å². The lowest BCUT2D eigenvalue weighted by Crippen LogP contribution is -2.45. The molecule has 0 saturated carbocycles. The van der Waals surface area contributed by atoms with Gasteiger partial charge in [-0.05, 0) is 19.3 Å². The second-order valence-electron chi connectivity index (χ2n) is 11.4. The van der Waals surface area contributed by atoms with Crippen molar-refractivity contribution >= 4 is 13.7 Å². The van der Waals surface area contributed by atoms with Crippen LogP contribution < -0.4 is 11.1 Å². The number of unbranched alkanes of at least 4 members (excludes halogenated alkanes) is 19. The molecule has 0 rings (SSSR count). The molecule has 0 fully saturated rings. The minimum Gasteiger partial charge on any atom is -0.387 e. The molecule has 0 bridgehead atoms. The van der Waals surface area contributed by atoms with Crippen LogP contribution in [0.15, 0.2) is 12.2 Å². The zero-order valence-corrected chi connectivity index (χ0v) is 27.4. The van der Waals surface area contributed by atoms with E-state index in [9.17, 15) is 19.4 Å². The van der Waals surface area contributed by atoms with Crippen LogP contribution >= 0.6 is 7.82 Å². The molecule has 244 valence electrons. The average Bonchev–Trinajstić information content (AvgIpc) is 2.95. The largest absolute Gasteiger partial charge is 0.472 e. The number of carbonyl (C=O) groups is 1. The van der Waals surface area contributed by atoms with Crippen LogP contribution in [0.2, 0.25) is 0 Å². The molecule has 0 aliphatic heterocycles. The van der Waals surface area contributed by atoms with Gasteiger partial charge in [0.25, 0.3) is 0 Å². The Morgan fingerprint density at radius 3 is 1.73 bits per heavy atom. The van der Waals surface area contributed by atoms with E-state index in [1.165, 1.54) is 96.3 Å². The highest BCUT2D eigenvalue weighted by Gasteiger charge is 2.26. The average molecular weight is 605 g/mol. The topological polar surface area (TPSA) is 131 Å². The fourth-order valence-corrected chi connectivity index (χ4v) is 5.54. The van der Waals surface area contributed by atoms with E-state index in [1.807, 2.05) is 6.08 Å². The molecule has 8 nitrogen and oxygen atoms in total. The fraction of sp³-hybridized carbons (Fsp3) is 0.906. The van der Waals surface area contributed by atoms with Gasteiger partial charge in [-0.3, -0.25) is 13.8 Å². The van der Waals surface area contributed by atoms with E-state index in [0.29, 0.717) is 6.42 Å². The van der Waals surface area contributed by atoms with Gasteiger partial charge in [-0.1, -0.05) is 142 Å². The van der Waals surface area contributed by atoms with Crippen molar-refractivity contribution in [3.63, 3.8) is 0 Å². The lowest BCUT2D eigenvalue weighted by molar-refractivity contribution is -0.123. The van der Waals surface area contributed by atoms with E-state index in [4.69, 9.17) is 14.8 Å². The number of amides is 1. The summed E-state index contributed by atoms with van der Waals surface area (Å²) >= 11 is 0. The summed E-state index contributed by atoms with van der Waals surface area (Å²) in [6.45, 7) is 4.08. The summed E-state index contributed by atoms with van der Waals surface area (Å²) in [7, 11) is -4.32. The van der Waals surface area contributed by atoms with Crippen molar-refractivity contribution in [2.45, 2.75) is 167 Å². The van der Waals surface area contributed by atoms with Crippen LogP contribution in [0.5, 0.6) is 0 Å². The zero-order valence-electron chi connectivity index (χ0n) is 26.5. The second kappa shape index (κ2) is 29.3. The molecule has 0 aliphatic rings. The van der Waals surface area contributed by atoms with Crippen LogP contribution in [-0.4, -0.2) is 47.8 Å². The fourth-order valence-electron chi connectivity index (χ4n) is 4.78. The number of nitrogens with one attached hydrogen (secondary N) is 1. The van der Waals surface area contributed by atoms with E-state index in [0.717, 1.165) is 38.5 Å². The van der Waals surface area contributed by atoms with Gasteiger partial charge < -0.3 is 21.1 Å². The summed E-state index contributed by atoms with van der Waals surface area (Å²) in [5, 5.41) is 13.5. The monoisotopic (exact) mass is 604 g/mol. The van der Waals surface area contributed by atoms with Gasteiger partial charge in [-0.25, -0.2) is 4.57 Å². The third-order valence-corrected chi connectivity index (χ3v) is 8.35. The lowest BCUT2D eigenvalue weighted by Gasteiger charge is -2.23. The number of nitrogens with two attached hydrogens (primary N) is 1. The Kier molecular flexibility index (Phi) is 28.8. The molecule has 5 N–H and O–H groups in total. The number of phosphoric ester groups is 1. The first-order chi connectivity index (χ1) is 19.9. The number of hydrogen-bond donors (Lipinski definition) is 4. The molecule has 0 aromatic heterocycles. The predicted octanol–water partition coefficient (Wildman–Crippen LogP) is 8.10. The summed E-state index contributed by atoms with van der Waals surface area (Å²) in [4.78, 5) is 22.4. The van der Waals surface area contributed by atoms with Gasteiger partial charge in [0.1, 0.15) is 0 Å². The van der Waals surface area contributed by atoms with Crippen LogP contribution in [0.1, 0.15) is 155 Å². The van der Waals surface area contributed by atoms with Gasteiger partial charge in [-0.2, -0.15) is 0 Å². The summed E-state index contributed by atoms with van der Waals surface area (Å²) in [6, 6.07) is -0.850. The van der Waals surface area contributed by atoms with Crippen LogP contribution in [0.4, 0.5) is 0 Å². The van der Waals surface area contributed by atoms with E-state index in [1.54, 1.807) is 6.08 Å². The number of hydrogen-bond acceptors (Lipinski definition) is 6. The Labute approximate surface area is 252 Å². The summed E-state index contributed by atoms with van der Waals surface area (Å²) in [5.74, 6) is -0.200. The van der Waals surface area contributed by atoms with Crippen LogP contribution in [-0.2, 0) is 18.4 Å². The van der Waals surface area contributed by atoms with Gasteiger partial charge in [-0.15, -0.1) is 0 Å². The minimum absolute atomic E-state index is 0.0805. The molecule has 0 aromatic rings. The predicted molar refractivity (Wildman–Crippen MR) is 171 cm³/mol. The number of aliphatic hydroxyl groups excluding tert-OH is 1. The molecule has 41 heavy (non-hydrogen) atoms. The van der Waals surface area contributed by atoms with Crippen LogP contribution in [0.3, 0.4) is 0 Å². The Bertz CT molecular complexity index is 664. The highest BCUT2D eigenvalue weighted by molar-refractivity contribution is 7.47. The quantitative estimate of drug-likeness (QED) is 0.0357. The maximum Gasteiger partial charge on any atom is 0.472 e. The van der Waals surface area contributed by atoms with E-state index in [-0.39, 0.29) is 25.7 Å². The van der Waals surface area contributed by atoms with Gasteiger partial charge >= 0.3 is 7.82 Å². The Hall–Kier alpha value is -0.760. The maximum atomic E-state index is 12.5. The molecular formula is C32H65N2O6P. The first-order valence-corrected chi connectivity index (χ1v) is 18.3. The normalized spacial score (nSPS) is 14.8. The molecule has 1 unspecified atom stereocenters. The van der Waals surface area contributed by atoms with Gasteiger partial charge in [0, 0.05) is 13.0 Å². The van der Waals surface area contributed by atoms with Gasteiger partial charge in [0.05, 0.1) is 25.4 Å². The molecule has 9 heteroatoms. The second-order valence-corrected chi connectivity index (χ2v) is 12.8. The standard InChI is InChI=1S/C32H65N2O6P/c1-3-5-7-9-11-13-14-15-16-17-18-19-21-23-25-31(35)30(29-40-41(37,38)39-28-27-33)34-32(36)26-24-22-20-12-10-8-6-4-2/h23,25,30-31,35H,3-22,24,26-29,33H2,1-2H3,(H,34,36)(H,37,38)/b25-23+/t30-,31+/m0/s1. The van der Waals surface area contributed by atoms with Gasteiger partial charge in [0.2, 0.25) is 5.91 Å². The molecule has 0 saturated heterocycles. The summed E-state index contributed by atoms with van der Waals surface area (Å²) in [5.41, 5.74) is 5.33. The number of aliphatic hydroxyl groups is 1. The Morgan fingerprint density at radius 2 is 1.24 bits per heavy atom. The Balaban J connectivity index is 4.37. The van der Waals surface area contributed by atoms with Crippen molar-refractivity contribution in [1.82, 2.24) is 5.32 Å². The third kappa shape index (κ3) is 27.8. The van der Waals surface area contributed by atoms with Crippen molar-refractivity contribution in [2.24, 2.45) is 5.73 Å². The van der Waals surface area contributed by atoms with Crippen molar-refractivity contribution < 1.29 is 28.4 Å². The van der Waals surface area contributed by atoms with E-state index >= 15 is 0 Å². The van der Waals surface area contributed by atoms with Crippen molar-refractivity contribution in [3.8, 4) is 0 Å². The van der Waals surface area contributed by atoms with E-state index < -0.39 is 20.0 Å². The third-order valence-electron chi connectivity index (χ3n) is 7.36. The molecule has 1 amide bonds. The molecule has 0 heterocycles. The molecule has 3 atom stereocenters. The smallest absolute Gasteiger partial charge is 0.387 e. The summed E-state index contributed by atoms with van der Waals surface area (Å²) < 4.78 is 21.9. The first kappa shape index (κ1) is 40.2. The first-order valence-electron chi connectivity index (χ1n) is 16.8. The SMILES string of the molecule is CCCCCCCCCCCCCC/C=C/[C@@H](O)[C@H](COP(=O)(O)OCCN)NC(=O)CCCCCCCCCC. The van der Waals surface area contributed by atoms with Crippen molar-refractivity contribution in [2.75, 3.05) is 19.8 Å². The van der Waals surface area contributed by atoms with Crippen LogP contribution in [0, 0.1) is 0 Å². The maximum absolute atomic E-state index is 12.5. The number of phosphoric acid groups is 1. The van der Waals surface area contributed by atoms with E-state index in [2.05, 4.69) is 19.2 Å². The van der Waals surface area contributed by atoms with Crippen molar-refractivity contribution in [1.29, 1.82) is 0 Å². The minimum atomic E-state index is -4.32. The van der Waals surface area contributed by atoms with Gasteiger partial charge in [0.15, 0.2) is 0 Å². The summed E-state index contributed by atoms with van der Waals surface area (Å²) in [6.07, 6.45) is 28.3. The molecule has 0 spiro atoms. The molecule has 0 radical (unpaired) electrons. The number of allylic oxidation sites excluding steroid dienone is 1. The zero-order chi connectivity index (χ0) is 30.4. The molecule has 0 aliphatic carbocycles. The van der Waals surface area contributed by atoms with Crippen molar-refractivity contribution in [3.05, 3.63) is 12.2 Å². The number of carbonyl (C=O) groups excluding carboxylic acids is 1. The highest BCUT2D eigenvalue weighted by Crippen LogP contribution is 2.43. The molecule has 0 aromatic carbocycles. The highest BCUT2D eigenvalue weighted by atomic mass is 31.2. The lowest BCUT2D eigenvalue weighted by atomic mass is 10.0. The Morgan fingerprint density at radius 1 is 0.780 bits per heavy atom. The molecular weight excluding hydrogens is 539 g/mol.